The number of thiophene rings is 1. The number of aliphatic hydroxyl groups is 1. The number of nitrogens with zero attached hydrogens (tertiary/aromatic N) is 1. The summed E-state index contributed by atoms with van der Waals surface area (Å²) in [5, 5.41) is 13.8. The highest BCUT2D eigenvalue weighted by Crippen LogP contribution is 2.19. The third kappa shape index (κ3) is 5.43. The molecule has 2 aromatic carbocycles. The Morgan fingerprint density at radius 3 is 2.37 bits per heavy atom. The lowest BCUT2D eigenvalue weighted by atomic mass is 10.1. The predicted octanol–water partition coefficient (Wildman–Crippen LogP) is 4.63. The number of rotatable bonds is 8. The van der Waals surface area contributed by atoms with E-state index in [1.807, 2.05) is 54.6 Å². The second kappa shape index (κ2) is 10.0. The summed E-state index contributed by atoms with van der Waals surface area (Å²) in [5.41, 5.74) is 4.07. The molecule has 0 radical (unpaired) electrons. The lowest BCUT2D eigenvalue weighted by molar-refractivity contribution is 0.102. The zero-order valence-electron chi connectivity index (χ0n) is 17.0. The Kier molecular flexibility index (Phi) is 7.17. The van der Waals surface area contributed by atoms with Gasteiger partial charge in [0.1, 0.15) is 0 Å². The molecule has 0 bridgehead atoms. The molecule has 30 heavy (non-hydrogen) atoms. The lowest BCUT2D eigenvalue weighted by Gasteiger charge is -2.17. The van der Waals surface area contributed by atoms with Crippen LogP contribution in [0.2, 0.25) is 0 Å². The van der Waals surface area contributed by atoms with Gasteiger partial charge >= 0.3 is 0 Å². The van der Waals surface area contributed by atoms with Crippen LogP contribution in [-0.4, -0.2) is 37.0 Å². The summed E-state index contributed by atoms with van der Waals surface area (Å²) in [6.07, 6.45) is 3.31. The van der Waals surface area contributed by atoms with Gasteiger partial charge in [0.25, 0.3) is 5.91 Å². The number of nitrogens with one attached hydrogen (secondary N) is 1. The predicted molar refractivity (Wildman–Crippen MR) is 124 cm³/mol. The molecule has 0 fully saturated rings. The quantitative estimate of drug-likeness (QED) is 0.412. The topological polar surface area (TPSA) is 69.6 Å². The van der Waals surface area contributed by atoms with Crippen molar-refractivity contribution in [1.82, 2.24) is 0 Å². The molecule has 0 unspecified atom stereocenters. The number of hydrogen-bond donors (Lipinski definition) is 2. The summed E-state index contributed by atoms with van der Waals surface area (Å²) in [6.45, 7) is 2.57. The zero-order chi connectivity index (χ0) is 21.5. The first kappa shape index (κ1) is 21.5. The van der Waals surface area contributed by atoms with Gasteiger partial charge in [-0.3, -0.25) is 9.59 Å². The van der Waals surface area contributed by atoms with Crippen LogP contribution in [0.15, 0.2) is 66.1 Å². The number of carbonyl (C=O) groups excluding carboxylic acids is 2. The fourth-order valence-corrected chi connectivity index (χ4v) is 3.72. The smallest absolute Gasteiger partial charge is 0.265 e. The second-order valence-corrected chi connectivity index (χ2v) is 7.81. The molecule has 0 spiro atoms. The Balaban J connectivity index is 1.60. The van der Waals surface area contributed by atoms with Crippen LogP contribution < -0.4 is 10.2 Å². The number of anilines is 2. The van der Waals surface area contributed by atoms with Gasteiger partial charge in [0, 0.05) is 30.5 Å². The standard InChI is InChI=1S/C24H24N2O3S/c1-17-13-16-30-23(17)24(29)25-20-8-6-19(7-9-20)22(28)12-5-18-3-10-21(11-4-18)26(2)14-15-27/h3-13,16,27H,14-15H2,1-2H3,(H,25,29)/b12-5+. The monoisotopic (exact) mass is 420 g/mol. The maximum absolute atomic E-state index is 12.4. The van der Waals surface area contributed by atoms with Crippen molar-refractivity contribution in [3.63, 3.8) is 0 Å². The summed E-state index contributed by atoms with van der Waals surface area (Å²) >= 11 is 1.41. The van der Waals surface area contributed by atoms with E-state index in [-0.39, 0.29) is 18.3 Å². The van der Waals surface area contributed by atoms with Crippen LogP contribution in [0, 0.1) is 6.92 Å². The van der Waals surface area contributed by atoms with Gasteiger partial charge < -0.3 is 15.3 Å². The van der Waals surface area contributed by atoms with E-state index in [0.29, 0.717) is 22.7 Å². The Labute approximate surface area is 180 Å². The molecule has 1 heterocycles. The highest BCUT2D eigenvalue weighted by Gasteiger charge is 2.11. The van der Waals surface area contributed by atoms with Gasteiger partial charge in [0.2, 0.25) is 0 Å². The first-order valence-corrected chi connectivity index (χ1v) is 10.5. The molecular formula is C24H24N2O3S. The first-order valence-electron chi connectivity index (χ1n) is 9.58. The SMILES string of the molecule is Cc1ccsc1C(=O)Nc1ccc(C(=O)/C=C/c2ccc(N(C)CCO)cc2)cc1. The molecule has 0 aliphatic heterocycles. The number of likely N-dealkylation sites (N-methyl/N-ethyl adjacent to an activating group) is 1. The molecule has 0 saturated carbocycles. The maximum atomic E-state index is 12.4. The largest absolute Gasteiger partial charge is 0.395 e. The number of hydrogen-bond acceptors (Lipinski definition) is 5. The van der Waals surface area contributed by atoms with E-state index in [9.17, 15) is 9.59 Å². The Morgan fingerprint density at radius 1 is 1.07 bits per heavy atom. The van der Waals surface area contributed by atoms with Crippen molar-refractivity contribution >= 4 is 40.5 Å². The van der Waals surface area contributed by atoms with Gasteiger partial charge in [0.05, 0.1) is 11.5 Å². The van der Waals surface area contributed by atoms with Crippen molar-refractivity contribution in [2.24, 2.45) is 0 Å². The molecule has 6 heteroatoms. The number of carbonyl (C=O) groups is 2. The molecule has 1 amide bonds. The number of ketones is 1. The van der Waals surface area contributed by atoms with Crippen LogP contribution in [0.5, 0.6) is 0 Å². The van der Waals surface area contributed by atoms with E-state index in [1.54, 1.807) is 30.3 Å². The van der Waals surface area contributed by atoms with Crippen LogP contribution >= 0.6 is 11.3 Å². The van der Waals surface area contributed by atoms with Crippen LogP contribution in [0.3, 0.4) is 0 Å². The number of aryl methyl sites for hydroxylation is 1. The third-order valence-electron chi connectivity index (χ3n) is 4.69. The van der Waals surface area contributed by atoms with Crippen molar-refractivity contribution in [3.05, 3.63) is 87.6 Å². The summed E-state index contributed by atoms with van der Waals surface area (Å²) in [6, 6.07) is 16.5. The van der Waals surface area contributed by atoms with Crippen molar-refractivity contribution in [2.45, 2.75) is 6.92 Å². The molecule has 0 saturated heterocycles. The van der Waals surface area contributed by atoms with Gasteiger partial charge in [0.15, 0.2) is 5.78 Å². The van der Waals surface area contributed by atoms with E-state index in [1.165, 1.54) is 17.4 Å². The maximum Gasteiger partial charge on any atom is 0.265 e. The van der Waals surface area contributed by atoms with Gasteiger partial charge in [-0.1, -0.05) is 18.2 Å². The van der Waals surface area contributed by atoms with E-state index >= 15 is 0 Å². The highest BCUT2D eigenvalue weighted by molar-refractivity contribution is 7.12. The molecule has 154 valence electrons. The average molecular weight is 421 g/mol. The normalized spacial score (nSPS) is 10.9. The molecular weight excluding hydrogens is 396 g/mol. The van der Waals surface area contributed by atoms with Crippen LogP contribution in [0.4, 0.5) is 11.4 Å². The summed E-state index contributed by atoms with van der Waals surface area (Å²) in [5.74, 6) is -0.252. The van der Waals surface area contributed by atoms with Crippen LogP contribution in [-0.2, 0) is 0 Å². The van der Waals surface area contributed by atoms with E-state index in [0.717, 1.165) is 16.8 Å². The minimum Gasteiger partial charge on any atom is -0.395 e. The summed E-state index contributed by atoms with van der Waals surface area (Å²) in [7, 11) is 1.91. The third-order valence-corrected chi connectivity index (χ3v) is 5.71. The molecule has 0 aliphatic carbocycles. The van der Waals surface area contributed by atoms with Crippen molar-refractivity contribution < 1.29 is 14.7 Å². The first-order chi connectivity index (χ1) is 14.5. The average Bonchev–Trinajstić information content (AvgIpc) is 3.19. The Morgan fingerprint density at radius 2 is 1.77 bits per heavy atom. The van der Waals surface area contributed by atoms with E-state index in [4.69, 9.17) is 5.11 Å². The van der Waals surface area contributed by atoms with Gasteiger partial charge in [-0.25, -0.2) is 0 Å². The molecule has 0 atom stereocenters. The van der Waals surface area contributed by atoms with Crippen LogP contribution in [0.25, 0.3) is 6.08 Å². The van der Waals surface area contributed by atoms with Gasteiger partial charge in [-0.15, -0.1) is 11.3 Å². The fourth-order valence-electron chi connectivity index (χ4n) is 2.90. The number of aliphatic hydroxyl groups excluding tert-OH is 1. The summed E-state index contributed by atoms with van der Waals surface area (Å²) in [4.78, 5) is 27.4. The lowest BCUT2D eigenvalue weighted by Crippen LogP contribution is -2.20. The van der Waals surface area contributed by atoms with Crippen molar-refractivity contribution in [1.29, 1.82) is 0 Å². The highest BCUT2D eigenvalue weighted by atomic mass is 32.1. The summed E-state index contributed by atoms with van der Waals surface area (Å²) < 4.78 is 0. The Bertz CT molecular complexity index is 1040. The van der Waals surface area contributed by atoms with Crippen molar-refractivity contribution in [2.75, 3.05) is 30.4 Å². The number of allylic oxidation sites excluding steroid dienone is 1. The zero-order valence-corrected chi connectivity index (χ0v) is 17.8. The van der Waals surface area contributed by atoms with E-state index in [2.05, 4.69) is 5.32 Å². The molecule has 1 aromatic heterocycles. The van der Waals surface area contributed by atoms with Crippen molar-refractivity contribution in [3.8, 4) is 0 Å². The number of amides is 1. The second-order valence-electron chi connectivity index (χ2n) is 6.90. The minimum absolute atomic E-state index is 0.100. The number of benzene rings is 2. The molecule has 3 rings (SSSR count). The molecule has 0 aliphatic rings. The van der Waals surface area contributed by atoms with Gasteiger partial charge in [-0.05, 0) is 72.0 Å². The van der Waals surface area contributed by atoms with E-state index < -0.39 is 0 Å². The molecule has 5 nitrogen and oxygen atoms in total. The fraction of sp³-hybridized carbons (Fsp3) is 0.167. The molecule has 2 N–H and O–H groups in total. The van der Waals surface area contributed by atoms with Gasteiger partial charge in [-0.2, -0.15) is 0 Å². The van der Waals surface area contributed by atoms with Crippen LogP contribution in [0.1, 0.15) is 31.2 Å². The Hall–Kier alpha value is -3.22. The molecule has 3 aromatic rings. The minimum atomic E-state index is -0.144.